The number of rotatable bonds is 6. The first kappa shape index (κ1) is 19.4. The molecule has 0 saturated heterocycles. The Balaban J connectivity index is 1.64. The Morgan fingerprint density at radius 1 is 0.933 bits per heavy atom. The molecule has 0 bridgehead atoms. The number of anilines is 1. The lowest BCUT2D eigenvalue weighted by molar-refractivity contribution is 0.414. The van der Waals surface area contributed by atoms with Crippen molar-refractivity contribution in [3.8, 4) is 28.4 Å². The Labute approximate surface area is 173 Å². The fourth-order valence-corrected chi connectivity index (χ4v) is 3.38. The molecule has 6 nitrogen and oxygen atoms in total. The van der Waals surface area contributed by atoms with Crippen molar-refractivity contribution < 1.29 is 19.0 Å². The molecule has 0 aliphatic rings. The predicted molar refractivity (Wildman–Crippen MR) is 116 cm³/mol. The zero-order valence-corrected chi connectivity index (χ0v) is 16.6. The molecule has 0 fully saturated rings. The van der Waals surface area contributed by atoms with Gasteiger partial charge in [0, 0.05) is 35.3 Å². The van der Waals surface area contributed by atoms with E-state index in [1.807, 2.05) is 42.5 Å². The molecule has 0 aliphatic carbocycles. The fraction of sp³-hybridized carbons (Fsp3) is 0.125. The van der Waals surface area contributed by atoms with Crippen LogP contribution in [0.5, 0.6) is 17.2 Å². The van der Waals surface area contributed by atoms with Gasteiger partial charge >= 0.3 is 5.63 Å². The molecule has 2 N–H and O–H groups in total. The normalized spacial score (nSPS) is 10.7. The molecule has 4 rings (SSSR count). The summed E-state index contributed by atoms with van der Waals surface area (Å²) in [5, 5.41) is 13.8. The summed E-state index contributed by atoms with van der Waals surface area (Å²) in [6.45, 7) is 0.418. The summed E-state index contributed by atoms with van der Waals surface area (Å²) in [5.41, 5.74) is 3.49. The van der Waals surface area contributed by atoms with Gasteiger partial charge in [-0.25, -0.2) is 4.79 Å². The first-order valence-electron chi connectivity index (χ1n) is 9.39. The number of hydrogen-bond donors (Lipinski definition) is 2. The molecule has 0 radical (unpaired) electrons. The van der Waals surface area contributed by atoms with E-state index in [0.29, 0.717) is 12.1 Å². The molecular formula is C24H21NO5. The Morgan fingerprint density at radius 3 is 2.47 bits per heavy atom. The van der Waals surface area contributed by atoms with Crippen LogP contribution in [0.2, 0.25) is 0 Å². The lowest BCUT2D eigenvalue weighted by Gasteiger charge is -2.14. The molecule has 152 valence electrons. The maximum Gasteiger partial charge on any atom is 0.336 e. The lowest BCUT2D eigenvalue weighted by atomic mass is 10.0. The van der Waals surface area contributed by atoms with Crippen molar-refractivity contribution in [1.29, 1.82) is 0 Å². The van der Waals surface area contributed by atoms with Crippen LogP contribution in [-0.4, -0.2) is 19.3 Å². The van der Waals surface area contributed by atoms with Gasteiger partial charge in [-0.3, -0.25) is 0 Å². The zero-order valence-electron chi connectivity index (χ0n) is 16.6. The second-order valence-electron chi connectivity index (χ2n) is 6.77. The average Bonchev–Trinajstić information content (AvgIpc) is 2.77. The summed E-state index contributed by atoms with van der Waals surface area (Å²) in [6, 6.07) is 19.8. The molecule has 3 aromatic carbocycles. The summed E-state index contributed by atoms with van der Waals surface area (Å²) >= 11 is 0. The minimum absolute atomic E-state index is 0.0510. The number of phenols is 1. The molecular weight excluding hydrogens is 382 g/mol. The molecule has 4 aromatic rings. The smallest absolute Gasteiger partial charge is 0.336 e. The number of nitrogens with one attached hydrogen (secondary N) is 1. The van der Waals surface area contributed by atoms with Gasteiger partial charge in [0.25, 0.3) is 0 Å². The highest BCUT2D eigenvalue weighted by atomic mass is 16.5. The number of methoxy groups -OCH3 is 2. The van der Waals surface area contributed by atoms with Crippen LogP contribution in [0, 0.1) is 0 Å². The van der Waals surface area contributed by atoms with Crippen molar-refractivity contribution in [3.63, 3.8) is 0 Å². The summed E-state index contributed by atoms with van der Waals surface area (Å²) in [4.78, 5) is 11.9. The average molecular weight is 403 g/mol. The van der Waals surface area contributed by atoms with Crippen LogP contribution in [0.25, 0.3) is 22.1 Å². The molecule has 0 atom stereocenters. The van der Waals surface area contributed by atoms with E-state index in [4.69, 9.17) is 13.9 Å². The highest BCUT2D eigenvalue weighted by Crippen LogP contribution is 2.34. The number of benzene rings is 3. The van der Waals surface area contributed by atoms with Gasteiger partial charge in [-0.05, 0) is 53.6 Å². The van der Waals surface area contributed by atoms with Gasteiger partial charge < -0.3 is 24.3 Å². The number of hydrogen-bond acceptors (Lipinski definition) is 6. The summed E-state index contributed by atoms with van der Waals surface area (Å²) < 4.78 is 15.9. The Kier molecular flexibility index (Phi) is 5.30. The van der Waals surface area contributed by atoms with Crippen molar-refractivity contribution in [2.45, 2.75) is 6.54 Å². The standard InChI is InChI=1S/C24H21NO5/c1-28-19-7-3-15(4-8-19)21-12-17(5-10-22(21)29-2)25-14-16-11-24(27)30-23-13-18(26)6-9-20(16)23/h3-13,25-26H,14H2,1-2H3. The van der Waals surface area contributed by atoms with Crippen LogP contribution in [0.1, 0.15) is 5.56 Å². The molecule has 0 amide bonds. The monoisotopic (exact) mass is 403 g/mol. The topological polar surface area (TPSA) is 80.9 Å². The van der Waals surface area contributed by atoms with Crippen molar-refractivity contribution in [3.05, 3.63) is 82.7 Å². The van der Waals surface area contributed by atoms with E-state index in [1.54, 1.807) is 26.4 Å². The van der Waals surface area contributed by atoms with Gasteiger partial charge in [0.1, 0.15) is 22.8 Å². The first-order valence-corrected chi connectivity index (χ1v) is 9.39. The molecule has 0 saturated carbocycles. The third-order valence-electron chi connectivity index (χ3n) is 4.90. The zero-order chi connectivity index (χ0) is 21.1. The number of fused-ring (bicyclic) bond motifs is 1. The fourth-order valence-electron chi connectivity index (χ4n) is 3.38. The Hall–Kier alpha value is -3.93. The van der Waals surface area contributed by atoms with E-state index in [-0.39, 0.29) is 5.75 Å². The van der Waals surface area contributed by atoms with Crippen molar-refractivity contribution >= 4 is 16.7 Å². The second kappa shape index (κ2) is 8.21. The van der Waals surface area contributed by atoms with Crippen molar-refractivity contribution in [2.75, 3.05) is 19.5 Å². The van der Waals surface area contributed by atoms with E-state index >= 15 is 0 Å². The van der Waals surface area contributed by atoms with Crippen LogP contribution in [-0.2, 0) is 6.54 Å². The third kappa shape index (κ3) is 3.93. The van der Waals surface area contributed by atoms with Gasteiger partial charge in [-0.2, -0.15) is 0 Å². The van der Waals surface area contributed by atoms with Crippen molar-refractivity contribution in [1.82, 2.24) is 0 Å². The van der Waals surface area contributed by atoms with Gasteiger partial charge in [0.15, 0.2) is 0 Å². The minimum Gasteiger partial charge on any atom is -0.508 e. The summed E-state index contributed by atoms with van der Waals surface area (Å²) in [7, 11) is 3.27. The molecule has 0 aliphatic heterocycles. The van der Waals surface area contributed by atoms with Crippen LogP contribution >= 0.6 is 0 Å². The predicted octanol–water partition coefficient (Wildman–Crippen LogP) is 4.79. The van der Waals surface area contributed by atoms with Crippen LogP contribution in [0.15, 0.2) is 75.9 Å². The summed E-state index contributed by atoms with van der Waals surface area (Å²) in [6.07, 6.45) is 0. The SMILES string of the molecule is COc1ccc(-c2cc(NCc3cc(=O)oc4cc(O)ccc34)ccc2OC)cc1. The minimum atomic E-state index is -0.460. The maximum absolute atomic E-state index is 11.9. The van der Waals surface area contributed by atoms with E-state index in [1.165, 1.54) is 12.1 Å². The van der Waals surface area contributed by atoms with Crippen molar-refractivity contribution in [2.24, 2.45) is 0 Å². The quantitative estimate of drug-likeness (QED) is 0.450. The van der Waals surface area contributed by atoms with E-state index in [9.17, 15) is 9.90 Å². The molecule has 30 heavy (non-hydrogen) atoms. The second-order valence-corrected chi connectivity index (χ2v) is 6.77. The van der Waals surface area contributed by atoms with Gasteiger partial charge in [0.2, 0.25) is 0 Å². The van der Waals surface area contributed by atoms with E-state index in [0.717, 1.165) is 39.3 Å². The maximum atomic E-state index is 11.9. The Morgan fingerprint density at radius 2 is 1.73 bits per heavy atom. The molecule has 0 spiro atoms. The van der Waals surface area contributed by atoms with Crippen LogP contribution < -0.4 is 20.4 Å². The van der Waals surface area contributed by atoms with Crippen LogP contribution in [0.4, 0.5) is 5.69 Å². The molecule has 0 unspecified atom stereocenters. The van der Waals surface area contributed by atoms with E-state index in [2.05, 4.69) is 5.32 Å². The third-order valence-corrected chi connectivity index (χ3v) is 4.90. The number of aromatic hydroxyl groups is 1. The first-order chi connectivity index (χ1) is 14.6. The Bertz CT molecular complexity index is 1240. The van der Waals surface area contributed by atoms with Gasteiger partial charge in [0.05, 0.1) is 14.2 Å². The summed E-state index contributed by atoms with van der Waals surface area (Å²) in [5.74, 6) is 1.59. The molecule has 1 aromatic heterocycles. The lowest BCUT2D eigenvalue weighted by Crippen LogP contribution is -2.06. The molecule has 6 heteroatoms. The number of phenolic OH excluding ortho intramolecular Hbond substituents is 1. The van der Waals surface area contributed by atoms with E-state index < -0.39 is 5.63 Å². The number of ether oxygens (including phenoxy) is 2. The van der Waals surface area contributed by atoms with Gasteiger partial charge in [-0.15, -0.1) is 0 Å². The highest BCUT2D eigenvalue weighted by Gasteiger charge is 2.10. The van der Waals surface area contributed by atoms with Gasteiger partial charge in [-0.1, -0.05) is 12.1 Å². The largest absolute Gasteiger partial charge is 0.508 e. The highest BCUT2D eigenvalue weighted by molar-refractivity contribution is 5.82. The molecule has 1 heterocycles. The van der Waals surface area contributed by atoms with Crippen LogP contribution in [0.3, 0.4) is 0 Å².